The number of ether oxygens (including phenoxy) is 1. The summed E-state index contributed by atoms with van der Waals surface area (Å²) >= 11 is -1.73. The van der Waals surface area contributed by atoms with E-state index < -0.39 is 11.2 Å². The molecule has 0 saturated heterocycles. The first-order chi connectivity index (χ1) is 15.2. The first-order valence-electron chi connectivity index (χ1n) is 10.2. The number of pyridine rings is 1. The van der Waals surface area contributed by atoms with Crippen LogP contribution in [0.25, 0.3) is 11.3 Å². The highest BCUT2D eigenvalue weighted by molar-refractivity contribution is 7.91. The predicted octanol–water partition coefficient (Wildman–Crippen LogP) is 2.39. The van der Waals surface area contributed by atoms with Crippen LogP contribution < -0.4 is 10.1 Å². The van der Waals surface area contributed by atoms with E-state index >= 15 is 0 Å². The second-order valence-corrected chi connectivity index (χ2v) is 8.53. The molecule has 9 nitrogen and oxygen atoms in total. The average Bonchev–Trinajstić information content (AvgIpc) is 3.32. The van der Waals surface area contributed by atoms with E-state index in [1.54, 1.807) is 18.6 Å². The van der Waals surface area contributed by atoms with E-state index in [0.29, 0.717) is 23.6 Å². The van der Waals surface area contributed by atoms with E-state index in [1.165, 1.54) is 13.3 Å². The number of aliphatic hydroxyl groups is 1. The molecule has 0 aromatic carbocycles. The van der Waals surface area contributed by atoms with Crippen LogP contribution in [0.5, 0.6) is 5.88 Å². The molecule has 1 saturated carbocycles. The quantitative estimate of drug-likeness (QED) is 0.507. The van der Waals surface area contributed by atoms with Crippen molar-refractivity contribution in [1.82, 2.24) is 24.9 Å². The summed E-state index contributed by atoms with van der Waals surface area (Å²) in [5, 5.41) is 13.1. The van der Waals surface area contributed by atoms with Gasteiger partial charge in [0.2, 0.25) is 11.7 Å². The van der Waals surface area contributed by atoms with Gasteiger partial charge in [0.15, 0.2) is 0 Å². The average molecular weight is 441 g/mol. The van der Waals surface area contributed by atoms with Gasteiger partial charge >= 0.3 is 0 Å². The van der Waals surface area contributed by atoms with Gasteiger partial charge in [0.25, 0.3) is 10.1 Å². The minimum Gasteiger partial charge on any atom is -0.604 e. The molecule has 2 N–H and O–H groups in total. The Bertz CT molecular complexity index is 1020. The third-order valence-corrected chi connectivity index (χ3v) is 6.28. The molecule has 3 aromatic heterocycles. The third kappa shape index (κ3) is 4.92. The van der Waals surface area contributed by atoms with E-state index in [4.69, 9.17) is 9.72 Å². The van der Waals surface area contributed by atoms with E-state index in [2.05, 4.69) is 25.3 Å². The summed E-state index contributed by atoms with van der Waals surface area (Å²) in [5.74, 6) is 0.721. The molecule has 0 aliphatic heterocycles. The van der Waals surface area contributed by atoms with Gasteiger partial charge in [-0.2, -0.15) is 4.98 Å². The van der Waals surface area contributed by atoms with Crippen molar-refractivity contribution in [3.63, 3.8) is 0 Å². The Balaban J connectivity index is 1.78. The maximum atomic E-state index is 13.5. The van der Waals surface area contributed by atoms with Crippen molar-refractivity contribution in [2.75, 3.05) is 19.0 Å². The summed E-state index contributed by atoms with van der Waals surface area (Å²) < 4.78 is 18.9. The van der Waals surface area contributed by atoms with Crippen LogP contribution >= 0.6 is 0 Å². The SMILES string of the molecule is COc1nc([S+]([O-])c2cncc(CCO)n2)c(NC2CCCC2)nc1-c1ccncc1. The zero-order chi connectivity index (χ0) is 21.6. The maximum absolute atomic E-state index is 13.5. The van der Waals surface area contributed by atoms with Gasteiger partial charge in [-0.15, -0.1) is 0 Å². The molecular weight excluding hydrogens is 416 g/mol. The molecule has 1 unspecified atom stereocenters. The summed E-state index contributed by atoms with van der Waals surface area (Å²) in [5.41, 5.74) is 1.91. The van der Waals surface area contributed by atoms with Crippen molar-refractivity contribution < 1.29 is 14.4 Å². The highest BCUT2D eigenvalue weighted by Gasteiger charge is 2.30. The molecule has 4 rings (SSSR count). The second kappa shape index (κ2) is 9.99. The van der Waals surface area contributed by atoms with Crippen molar-refractivity contribution in [2.24, 2.45) is 0 Å². The number of hydrogen-bond donors (Lipinski definition) is 2. The minimum absolute atomic E-state index is 0.0620. The van der Waals surface area contributed by atoms with Crippen LogP contribution in [-0.4, -0.2) is 54.3 Å². The summed E-state index contributed by atoms with van der Waals surface area (Å²) in [6, 6.07) is 3.90. The number of anilines is 1. The molecule has 1 fully saturated rings. The number of nitrogens with one attached hydrogen (secondary N) is 1. The van der Waals surface area contributed by atoms with E-state index in [9.17, 15) is 9.66 Å². The number of aliphatic hydroxyl groups excluding tert-OH is 1. The molecule has 0 bridgehead atoms. The molecule has 1 aliphatic carbocycles. The Kier molecular flexibility index (Phi) is 6.90. The molecule has 0 spiro atoms. The van der Waals surface area contributed by atoms with Gasteiger partial charge in [0.05, 0.1) is 24.0 Å². The summed E-state index contributed by atoms with van der Waals surface area (Å²) in [4.78, 5) is 21.9. The van der Waals surface area contributed by atoms with E-state index in [0.717, 1.165) is 31.2 Å². The zero-order valence-electron chi connectivity index (χ0n) is 17.2. The van der Waals surface area contributed by atoms with Crippen molar-refractivity contribution in [3.05, 3.63) is 42.6 Å². The Morgan fingerprint density at radius 3 is 2.61 bits per heavy atom. The molecule has 162 valence electrons. The smallest absolute Gasteiger partial charge is 0.298 e. The lowest BCUT2D eigenvalue weighted by Crippen LogP contribution is -2.20. The number of methoxy groups -OCH3 is 1. The predicted molar refractivity (Wildman–Crippen MR) is 115 cm³/mol. The standard InChI is InChI=1S/C21H24N6O3S/c1-30-20-18(14-6-9-22-10-7-14)26-19(25-15-4-2-3-5-15)21(27-20)31(29)17-13-23-12-16(24-17)8-11-28/h6-7,9-10,12-13,15,28H,2-5,8,11H2,1H3,(H,25,26). The molecule has 1 aliphatic rings. The first-order valence-corrected chi connectivity index (χ1v) is 11.3. The molecule has 0 amide bonds. The van der Waals surface area contributed by atoms with Gasteiger partial charge in [0, 0.05) is 43.2 Å². The molecule has 3 aromatic rings. The number of nitrogens with zero attached hydrogens (tertiary/aromatic N) is 5. The highest BCUT2D eigenvalue weighted by Crippen LogP contribution is 2.34. The lowest BCUT2D eigenvalue weighted by atomic mass is 10.2. The van der Waals surface area contributed by atoms with Gasteiger partial charge in [0.1, 0.15) is 11.9 Å². The number of rotatable bonds is 8. The summed E-state index contributed by atoms with van der Waals surface area (Å²) in [6.45, 7) is -0.0620. The fourth-order valence-corrected chi connectivity index (χ4v) is 4.54. The van der Waals surface area contributed by atoms with E-state index in [-0.39, 0.29) is 28.6 Å². The normalized spacial score (nSPS) is 15.1. The van der Waals surface area contributed by atoms with Crippen LogP contribution in [0.15, 0.2) is 47.0 Å². The van der Waals surface area contributed by atoms with Crippen LogP contribution in [0.4, 0.5) is 5.82 Å². The molecule has 1 atom stereocenters. The number of hydrogen-bond acceptors (Lipinski definition) is 9. The number of aromatic nitrogens is 5. The van der Waals surface area contributed by atoms with Gasteiger partial charge in [-0.3, -0.25) is 9.97 Å². The monoisotopic (exact) mass is 440 g/mol. The fourth-order valence-electron chi connectivity index (χ4n) is 3.54. The molecule has 0 radical (unpaired) electrons. The van der Waals surface area contributed by atoms with Crippen molar-refractivity contribution in [1.29, 1.82) is 0 Å². The van der Waals surface area contributed by atoms with Crippen molar-refractivity contribution >= 4 is 17.0 Å². The Morgan fingerprint density at radius 1 is 1.13 bits per heavy atom. The first kappa shape index (κ1) is 21.4. The summed E-state index contributed by atoms with van der Waals surface area (Å²) in [7, 11) is 1.51. The van der Waals surface area contributed by atoms with E-state index in [1.807, 2.05) is 12.1 Å². The molecule has 31 heavy (non-hydrogen) atoms. The highest BCUT2D eigenvalue weighted by atomic mass is 32.2. The van der Waals surface area contributed by atoms with Gasteiger partial charge in [-0.05, 0) is 25.0 Å². The van der Waals surface area contributed by atoms with Gasteiger partial charge in [-0.1, -0.05) is 12.8 Å². The van der Waals surface area contributed by atoms with Crippen LogP contribution in [0.2, 0.25) is 0 Å². The van der Waals surface area contributed by atoms with Crippen LogP contribution in [0, 0.1) is 0 Å². The Morgan fingerprint density at radius 2 is 1.90 bits per heavy atom. The molecule has 3 heterocycles. The van der Waals surface area contributed by atoms with Gasteiger partial charge < -0.3 is 19.7 Å². The zero-order valence-corrected chi connectivity index (χ0v) is 18.0. The fraction of sp³-hybridized carbons (Fsp3) is 0.381. The molecular formula is C21H24N6O3S. The Labute approximate surface area is 183 Å². The lowest BCUT2D eigenvalue weighted by Gasteiger charge is -2.18. The largest absolute Gasteiger partial charge is 0.604 e. The van der Waals surface area contributed by atoms with Crippen molar-refractivity contribution in [3.8, 4) is 17.1 Å². The molecule has 10 heteroatoms. The van der Waals surface area contributed by atoms with Crippen molar-refractivity contribution in [2.45, 2.75) is 48.2 Å². The van der Waals surface area contributed by atoms with Crippen LogP contribution in [0.1, 0.15) is 31.4 Å². The van der Waals surface area contributed by atoms with Gasteiger partial charge in [-0.25, -0.2) is 9.97 Å². The second-order valence-electron chi connectivity index (χ2n) is 7.19. The topological polar surface area (TPSA) is 129 Å². The Hall–Kier alpha value is -2.82. The minimum atomic E-state index is -1.73. The third-order valence-electron chi connectivity index (χ3n) is 5.07. The lowest BCUT2D eigenvalue weighted by molar-refractivity contribution is 0.297. The summed E-state index contributed by atoms with van der Waals surface area (Å²) in [6.07, 6.45) is 11.0. The maximum Gasteiger partial charge on any atom is 0.298 e. The van der Waals surface area contributed by atoms with Crippen LogP contribution in [-0.2, 0) is 17.6 Å². The van der Waals surface area contributed by atoms with Crippen LogP contribution in [0.3, 0.4) is 0 Å².